The van der Waals surface area contributed by atoms with Crippen molar-refractivity contribution >= 4 is 16.9 Å². The molecule has 1 aromatic heterocycles. The lowest BCUT2D eigenvalue weighted by Gasteiger charge is -2.15. The summed E-state index contributed by atoms with van der Waals surface area (Å²) < 4.78 is 19.0. The standard InChI is InChI=1S/C31H37N3O4/c1-22(2)24-10-5-8-13-27(24)38-19-18-34-26-12-7-6-11-25(26)33-30(34)14-9-17-32-31(35)21-23-15-16-28(36-3)29(20-23)37-4/h5-8,10-13,15-16,20,22H,9,14,17-19,21H2,1-4H3,(H,32,35). The van der Waals surface area contributed by atoms with E-state index in [-0.39, 0.29) is 12.3 Å². The Labute approximate surface area is 224 Å². The van der Waals surface area contributed by atoms with E-state index in [2.05, 4.69) is 41.9 Å². The molecule has 4 rings (SSSR count). The molecule has 0 aliphatic carbocycles. The van der Waals surface area contributed by atoms with E-state index in [4.69, 9.17) is 19.2 Å². The van der Waals surface area contributed by atoms with Gasteiger partial charge in [0.05, 0.1) is 38.2 Å². The summed E-state index contributed by atoms with van der Waals surface area (Å²) in [7, 11) is 3.18. The number of carbonyl (C=O) groups excluding carboxylic acids is 1. The number of nitrogens with zero attached hydrogens (tertiary/aromatic N) is 2. The van der Waals surface area contributed by atoms with Crippen molar-refractivity contribution in [3.05, 3.63) is 83.7 Å². The van der Waals surface area contributed by atoms with E-state index in [1.807, 2.05) is 48.5 Å². The number of fused-ring (bicyclic) bond motifs is 1. The quantitative estimate of drug-likeness (QED) is 0.236. The number of aromatic nitrogens is 2. The predicted molar refractivity (Wildman–Crippen MR) is 150 cm³/mol. The third-order valence-electron chi connectivity index (χ3n) is 6.56. The Morgan fingerprint density at radius 1 is 0.947 bits per heavy atom. The van der Waals surface area contributed by atoms with Gasteiger partial charge in [0.1, 0.15) is 18.2 Å². The van der Waals surface area contributed by atoms with Gasteiger partial charge in [-0.1, -0.05) is 50.2 Å². The smallest absolute Gasteiger partial charge is 0.224 e. The highest BCUT2D eigenvalue weighted by Gasteiger charge is 2.13. The summed E-state index contributed by atoms with van der Waals surface area (Å²) in [6, 6.07) is 21.9. The highest BCUT2D eigenvalue weighted by atomic mass is 16.5. The number of para-hydroxylation sites is 3. The molecule has 0 saturated carbocycles. The fourth-order valence-electron chi connectivity index (χ4n) is 4.61. The predicted octanol–water partition coefficient (Wildman–Crippen LogP) is 5.55. The summed E-state index contributed by atoms with van der Waals surface area (Å²) in [5.74, 6) is 3.58. The van der Waals surface area contributed by atoms with Gasteiger partial charge < -0.3 is 24.1 Å². The van der Waals surface area contributed by atoms with Gasteiger partial charge in [-0.2, -0.15) is 0 Å². The maximum atomic E-state index is 12.5. The number of benzene rings is 3. The number of hydrogen-bond donors (Lipinski definition) is 1. The van der Waals surface area contributed by atoms with Crippen LogP contribution in [-0.4, -0.2) is 42.8 Å². The number of carbonyl (C=O) groups is 1. The number of imidazole rings is 1. The maximum Gasteiger partial charge on any atom is 0.224 e. The number of hydrogen-bond acceptors (Lipinski definition) is 5. The fraction of sp³-hybridized carbons (Fsp3) is 0.355. The van der Waals surface area contributed by atoms with Crippen molar-refractivity contribution in [3.63, 3.8) is 0 Å². The molecule has 3 aromatic carbocycles. The van der Waals surface area contributed by atoms with Crippen LogP contribution in [0.4, 0.5) is 0 Å². The SMILES string of the molecule is COc1ccc(CC(=O)NCCCc2nc3ccccc3n2CCOc2ccccc2C(C)C)cc1OC. The van der Waals surface area contributed by atoms with Crippen LogP contribution >= 0.6 is 0 Å². The molecular weight excluding hydrogens is 478 g/mol. The van der Waals surface area contributed by atoms with Crippen LogP contribution in [0.2, 0.25) is 0 Å². The molecule has 0 aliphatic rings. The second-order valence-corrected chi connectivity index (χ2v) is 9.53. The van der Waals surface area contributed by atoms with Gasteiger partial charge in [-0.25, -0.2) is 4.98 Å². The third kappa shape index (κ3) is 6.65. The van der Waals surface area contributed by atoms with E-state index in [0.29, 0.717) is 37.1 Å². The summed E-state index contributed by atoms with van der Waals surface area (Å²) in [5.41, 5.74) is 4.16. The first-order valence-electron chi connectivity index (χ1n) is 13.1. The average Bonchev–Trinajstić information content (AvgIpc) is 3.28. The van der Waals surface area contributed by atoms with Crippen molar-refractivity contribution in [2.45, 2.75) is 45.6 Å². The van der Waals surface area contributed by atoms with Crippen molar-refractivity contribution in [1.82, 2.24) is 14.9 Å². The minimum absolute atomic E-state index is 0.0251. The average molecular weight is 516 g/mol. The molecule has 7 nitrogen and oxygen atoms in total. The van der Waals surface area contributed by atoms with Crippen LogP contribution in [0.3, 0.4) is 0 Å². The molecule has 1 N–H and O–H groups in total. The number of aryl methyl sites for hydroxylation is 1. The first kappa shape index (κ1) is 27.0. The lowest BCUT2D eigenvalue weighted by Crippen LogP contribution is -2.26. The minimum Gasteiger partial charge on any atom is -0.493 e. The van der Waals surface area contributed by atoms with Gasteiger partial charge in [0.2, 0.25) is 5.91 Å². The lowest BCUT2D eigenvalue weighted by molar-refractivity contribution is -0.120. The Kier molecular flexibility index (Phi) is 9.25. The summed E-state index contributed by atoms with van der Waals surface area (Å²) in [5, 5.41) is 3.03. The number of methoxy groups -OCH3 is 2. The normalized spacial score (nSPS) is 11.1. The van der Waals surface area contributed by atoms with Gasteiger partial charge in [-0.05, 0) is 53.8 Å². The Morgan fingerprint density at radius 3 is 2.50 bits per heavy atom. The molecule has 0 fully saturated rings. The van der Waals surface area contributed by atoms with Crippen molar-refractivity contribution in [3.8, 4) is 17.2 Å². The molecule has 0 spiro atoms. The van der Waals surface area contributed by atoms with Crippen LogP contribution in [0.25, 0.3) is 11.0 Å². The Hall–Kier alpha value is -4.00. The van der Waals surface area contributed by atoms with E-state index >= 15 is 0 Å². The molecule has 0 radical (unpaired) electrons. The van der Waals surface area contributed by atoms with Crippen molar-refractivity contribution in [1.29, 1.82) is 0 Å². The summed E-state index contributed by atoms with van der Waals surface area (Å²) in [6.45, 7) is 6.19. The number of nitrogens with one attached hydrogen (secondary N) is 1. The first-order chi connectivity index (χ1) is 18.5. The fourth-order valence-corrected chi connectivity index (χ4v) is 4.61. The monoisotopic (exact) mass is 515 g/mol. The molecule has 0 bridgehead atoms. The van der Waals surface area contributed by atoms with Crippen LogP contribution in [-0.2, 0) is 24.2 Å². The molecule has 200 valence electrons. The highest BCUT2D eigenvalue weighted by molar-refractivity contribution is 5.79. The summed E-state index contributed by atoms with van der Waals surface area (Å²) in [4.78, 5) is 17.4. The van der Waals surface area contributed by atoms with Crippen molar-refractivity contribution in [2.24, 2.45) is 0 Å². The molecule has 0 atom stereocenters. The van der Waals surface area contributed by atoms with Crippen LogP contribution in [0.15, 0.2) is 66.7 Å². The van der Waals surface area contributed by atoms with Gasteiger partial charge in [-0.15, -0.1) is 0 Å². The summed E-state index contributed by atoms with van der Waals surface area (Å²) in [6.07, 6.45) is 1.83. The van der Waals surface area contributed by atoms with Crippen LogP contribution in [0.5, 0.6) is 17.2 Å². The number of amides is 1. The molecule has 4 aromatic rings. The second-order valence-electron chi connectivity index (χ2n) is 9.53. The first-order valence-corrected chi connectivity index (χ1v) is 13.1. The van der Waals surface area contributed by atoms with Gasteiger partial charge in [-0.3, -0.25) is 4.79 Å². The van der Waals surface area contributed by atoms with Crippen LogP contribution in [0, 0.1) is 0 Å². The van der Waals surface area contributed by atoms with Crippen LogP contribution in [0.1, 0.15) is 43.1 Å². The molecular formula is C31H37N3O4. The van der Waals surface area contributed by atoms with Crippen molar-refractivity contribution < 1.29 is 19.0 Å². The van der Waals surface area contributed by atoms with E-state index < -0.39 is 0 Å². The molecule has 1 heterocycles. The number of ether oxygens (including phenoxy) is 3. The van der Waals surface area contributed by atoms with Gasteiger partial charge in [0.15, 0.2) is 11.5 Å². The second kappa shape index (κ2) is 13.0. The third-order valence-corrected chi connectivity index (χ3v) is 6.56. The zero-order chi connectivity index (χ0) is 26.9. The lowest BCUT2D eigenvalue weighted by atomic mass is 10.0. The Bertz CT molecular complexity index is 1360. The molecule has 1 amide bonds. The van der Waals surface area contributed by atoms with Gasteiger partial charge in [0, 0.05) is 13.0 Å². The van der Waals surface area contributed by atoms with E-state index in [0.717, 1.165) is 41.0 Å². The van der Waals surface area contributed by atoms with E-state index in [9.17, 15) is 4.79 Å². The highest BCUT2D eigenvalue weighted by Crippen LogP contribution is 2.28. The Morgan fingerprint density at radius 2 is 1.71 bits per heavy atom. The topological polar surface area (TPSA) is 74.6 Å². The maximum absolute atomic E-state index is 12.5. The van der Waals surface area contributed by atoms with Crippen molar-refractivity contribution in [2.75, 3.05) is 27.4 Å². The zero-order valence-electron chi connectivity index (χ0n) is 22.7. The molecule has 38 heavy (non-hydrogen) atoms. The Balaban J connectivity index is 1.33. The van der Waals surface area contributed by atoms with Crippen LogP contribution < -0.4 is 19.5 Å². The molecule has 0 saturated heterocycles. The van der Waals surface area contributed by atoms with E-state index in [1.54, 1.807) is 14.2 Å². The number of rotatable bonds is 13. The molecule has 7 heteroatoms. The summed E-state index contributed by atoms with van der Waals surface area (Å²) >= 11 is 0. The molecule has 0 unspecified atom stereocenters. The minimum atomic E-state index is -0.0251. The molecule has 0 aliphatic heterocycles. The van der Waals surface area contributed by atoms with E-state index in [1.165, 1.54) is 5.56 Å². The van der Waals surface area contributed by atoms with Gasteiger partial charge in [0.25, 0.3) is 0 Å². The zero-order valence-corrected chi connectivity index (χ0v) is 22.7. The van der Waals surface area contributed by atoms with Gasteiger partial charge >= 0.3 is 0 Å². The largest absolute Gasteiger partial charge is 0.493 e.